The average molecular weight is 203 g/mol. The Morgan fingerprint density at radius 2 is 2.07 bits per heavy atom. The zero-order valence-electron chi connectivity index (χ0n) is 8.14. The Kier molecular flexibility index (Phi) is 2.49. The van der Waals surface area contributed by atoms with Gasteiger partial charge >= 0.3 is 5.97 Å². The molecule has 1 aromatic carbocycles. The van der Waals surface area contributed by atoms with Gasteiger partial charge < -0.3 is 9.47 Å². The van der Waals surface area contributed by atoms with Crippen molar-refractivity contribution >= 4 is 18.3 Å². The minimum Gasteiger partial charge on any atom is -0.497 e. The van der Waals surface area contributed by atoms with Crippen LogP contribution in [0.25, 0.3) is 6.08 Å². The van der Waals surface area contributed by atoms with E-state index in [0.717, 1.165) is 17.5 Å². The zero-order chi connectivity index (χ0) is 10.7. The molecule has 0 aliphatic carbocycles. The first-order valence-corrected chi connectivity index (χ1v) is 4.39. The normalized spacial score (nSPS) is 16.9. The summed E-state index contributed by atoms with van der Waals surface area (Å²) < 4.78 is 9.81. The van der Waals surface area contributed by atoms with Crippen LogP contribution in [0.15, 0.2) is 35.1 Å². The summed E-state index contributed by atoms with van der Waals surface area (Å²) in [5.74, 6) is 0.656. The Hall–Kier alpha value is -2.10. The summed E-state index contributed by atoms with van der Waals surface area (Å²) in [6, 6.07) is 7.36. The van der Waals surface area contributed by atoms with Gasteiger partial charge in [-0.25, -0.2) is 9.79 Å². The van der Waals surface area contributed by atoms with Crippen LogP contribution in [0.3, 0.4) is 0 Å². The van der Waals surface area contributed by atoms with Crippen LogP contribution in [0.1, 0.15) is 5.56 Å². The number of esters is 1. The van der Waals surface area contributed by atoms with Crippen molar-refractivity contribution < 1.29 is 14.3 Å². The second kappa shape index (κ2) is 3.96. The number of nitrogens with zero attached hydrogens (tertiary/aromatic N) is 1. The number of benzene rings is 1. The fourth-order valence-electron chi connectivity index (χ4n) is 1.18. The molecule has 0 radical (unpaired) electrons. The van der Waals surface area contributed by atoms with Crippen LogP contribution in [-0.4, -0.2) is 19.3 Å². The van der Waals surface area contributed by atoms with E-state index in [1.54, 1.807) is 13.2 Å². The highest BCUT2D eigenvalue weighted by atomic mass is 16.6. The monoisotopic (exact) mass is 203 g/mol. The first kappa shape index (κ1) is 9.45. The van der Waals surface area contributed by atoms with Crippen molar-refractivity contribution in [1.82, 2.24) is 0 Å². The molecule has 1 aromatic rings. The SMILES string of the molecule is COc1ccc(/C=C2\N=CC(=O)O2)cc1. The summed E-state index contributed by atoms with van der Waals surface area (Å²) >= 11 is 0. The van der Waals surface area contributed by atoms with Gasteiger partial charge in [0, 0.05) is 6.08 Å². The summed E-state index contributed by atoms with van der Waals surface area (Å²) in [4.78, 5) is 14.5. The van der Waals surface area contributed by atoms with E-state index in [4.69, 9.17) is 9.47 Å². The maximum atomic E-state index is 10.7. The lowest BCUT2D eigenvalue weighted by molar-refractivity contribution is -0.129. The fraction of sp³-hybridized carbons (Fsp3) is 0.0909. The van der Waals surface area contributed by atoms with Gasteiger partial charge in [-0.05, 0) is 17.7 Å². The summed E-state index contributed by atoms with van der Waals surface area (Å²) in [6.45, 7) is 0. The number of carbonyl (C=O) groups excluding carboxylic acids is 1. The Morgan fingerprint density at radius 1 is 1.33 bits per heavy atom. The van der Waals surface area contributed by atoms with E-state index in [-0.39, 0.29) is 0 Å². The molecule has 15 heavy (non-hydrogen) atoms. The molecule has 0 N–H and O–H groups in total. The first-order valence-electron chi connectivity index (χ1n) is 4.39. The lowest BCUT2D eigenvalue weighted by Crippen LogP contribution is -1.94. The number of hydrogen-bond donors (Lipinski definition) is 0. The molecule has 4 heteroatoms. The molecule has 0 spiro atoms. The number of methoxy groups -OCH3 is 1. The van der Waals surface area contributed by atoms with E-state index in [9.17, 15) is 4.79 Å². The first-order chi connectivity index (χ1) is 7.28. The third-order valence-electron chi connectivity index (χ3n) is 1.91. The highest BCUT2D eigenvalue weighted by molar-refractivity contribution is 6.25. The Labute approximate surface area is 86.8 Å². The van der Waals surface area contributed by atoms with Crippen LogP contribution in [-0.2, 0) is 9.53 Å². The summed E-state index contributed by atoms with van der Waals surface area (Å²) in [5, 5.41) is 0. The fourth-order valence-corrected chi connectivity index (χ4v) is 1.18. The molecule has 4 nitrogen and oxygen atoms in total. The summed E-state index contributed by atoms with van der Waals surface area (Å²) in [6.07, 6.45) is 2.83. The van der Waals surface area contributed by atoms with Gasteiger partial charge in [0.2, 0.25) is 5.88 Å². The largest absolute Gasteiger partial charge is 0.497 e. The van der Waals surface area contributed by atoms with Gasteiger partial charge in [-0.2, -0.15) is 0 Å². The third kappa shape index (κ3) is 2.22. The molecule has 1 heterocycles. The van der Waals surface area contributed by atoms with Crippen LogP contribution in [0.5, 0.6) is 5.75 Å². The van der Waals surface area contributed by atoms with E-state index < -0.39 is 5.97 Å². The van der Waals surface area contributed by atoms with Gasteiger partial charge in [-0.3, -0.25) is 0 Å². The van der Waals surface area contributed by atoms with Crippen molar-refractivity contribution in [2.24, 2.45) is 4.99 Å². The molecular formula is C11H9NO3. The smallest absolute Gasteiger partial charge is 0.356 e. The van der Waals surface area contributed by atoms with Crippen molar-refractivity contribution in [2.75, 3.05) is 7.11 Å². The Balaban J connectivity index is 2.17. The lowest BCUT2D eigenvalue weighted by Gasteiger charge is -1.99. The molecule has 76 valence electrons. The number of aliphatic imine (C=N–C) groups is 1. The van der Waals surface area contributed by atoms with Crippen molar-refractivity contribution in [2.45, 2.75) is 0 Å². The van der Waals surface area contributed by atoms with Crippen molar-refractivity contribution in [3.63, 3.8) is 0 Å². The summed E-state index contributed by atoms with van der Waals surface area (Å²) in [5.41, 5.74) is 0.901. The minimum atomic E-state index is -0.435. The van der Waals surface area contributed by atoms with Crippen molar-refractivity contribution in [3.8, 4) is 5.75 Å². The average Bonchev–Trinajstić information content (AvgIpc) is 2.65. The van der Waals surface area contributed by atoms with E-state index in [0.29, 0.717) is 5.88 Å². The van der Waals surface area contributed by atoms with E-state index in [1.165, 1.54) is 0 Å². The van der Waals surface area contributed by atoms with E-state index >= 15 is 0 Å². The molecule has 1 aliphatic heterocycles. The van der Waals surface area contributed by atoms with Crippen LogP contribution < -0.4 is 4.74 Å². The number of cyclic esters (lactones) is 1. The minimum absolute atomic E-state index is 0.310. The highest BCUT2D eigenvalue weighted by Crippen LogP contribution is 2.16. The van der Waals surface area contributed by atoms with Crippen molar-refractivity contribution in [3.05, 3.63) is 35.7 Å². The third-order valence-corrected chi connectivity index (χ3v) is 1.91. The standard InChI is InChI=1S/C11H9NO3/c1-14-9-4-2-8(3-5-9)6-10-12-7-11(13)15-10/h2-7H,1H3/b10-6+. The Morgan fingerprint density at radius 3 is 2.60 bits per heavy atom. The molecular weight excluding hydrogens is 194 g/mol. The number of carbonyl (C=O) groups is 1. The predicted octanol–water partition coefficient (Wildman–Crippen LogP) is 1.62. The predicted molar refractivity (Wildman–Crippen MR) is 55.6 cm³/mol. The highest BCUT2D eigenvalue weighted by Gasteiger charge is 2.10. The van der Waals surface area contributed by atoms with Gasteiger partial charge in [0.05, 0.1) is 7.11 Å². The van der Waals surface area contributed by atoms with Gasteiger partial charge in [0.15, 0.2) is 0 Å². The topological polar surface area (TPSA) is 47.9 Å². The second-order valence-electron chi connectivity index (χ2n) is 2.94. The number of ether oxygens (including phenoxy) is 2. The summed E-state index contributed by atoms with van der Waals surface area (Å²) in [7, 11) is 1.61. The molecule has 0 aromatic heterocycles. The van der Waals surface area contributed by atoms with Gasteiger partial charge in [-0.1, -0.05) is 12.1 Å². The molecule has 0 saturated heterocycles. The van der Waals surface area contributed by atoms with Crippen LogP contribution in [0.4, 0.5) is 0 Å². The van der Waals surface area contributed by atoms with Crippen LogP contribution in [0, 0.1) is 0 Å². The second-order valence-corrected chi connectivity index (χ2v) is 2.94. The van der Waals surface area contributed by atoms with Gasteiger partial charge in [-0.15, -0.1) is 0 Å². The van der Waals surface area contributed by atoms with E-state index in [2.05, 4.69) is 4.99 Å². The molecule has 0 amide bonds. The van der Waals surface area contributed by atoms with Gasteiger partial charge in [0.25, 0.3) is 0 Å². The molecule has 0 bridgehead atoms. The van der Waals surface area contributed by atoms with E-state index in [1.807, 2.05) is 24.3 Å². The molecule has 1 aliphatic rings. The Bertz CT molecular complexity index is 432. The van der Waals surface area contributed by atoms with Crippen molar-refractivity contribution in [1.29, 1.82) is 0 Å². The zero-order valence-corrected chi connectivity index (χ0v) is 8.14. The molecule has 0 saturated carbocycles. The lowest BCUT2D eigenvalue weighted by atomic mass is 10.2. The number of rotatable bonds is 2. The van der Waals surface area contributed by atoms with Gasteiger partial charge in [0.1, 0.15) is 12.0 Å². The molecule has 0 atom stereocenters. The van der Waals surface area contributed by atoms with Crippen LogP contribution >= 0.6 is 0 Å². The molecule has 0 unspecified atom stereocenters. The maximum absolute atomic E-state index is 10.7. The van der Waals surface area contributed by atoms with Crippen LogP contribution in [0.2, 0.25) is 0 Å². The molecule has 2 rings (SSSR count). The number of hydrogen-bond acceptors (Lipinski definition) is 4. The quantitative estimate of drug-likeness (QED) is 0.686. The maximum Gasteiger partial charge on any atom is 0.356 e. The molecule has 0 fully saturated rings.